The van der Waals surface area contributed by atoms with Crippen molar-refractivity contribution in [2.45, 2.75) is 52.5 Å². The second-order valence-electron chi connectivity index (χ2n) is 6.13. The molecule has 1 aliphatic rings. The maximum Gasteiger partial charge on any atom is 0.315 e. The van der Waals surface area contributed by atoms with Crippen LogP contribution in [0, 0.1) is 11.3 Å². The number of carbonyl (C=O) groups is 2. The highest BCUT2D eigenvalue weighted by Crippen LogP contribution is 2.41. The molecule has 0 aromatic heterocycles. The van der Waals surface area contributed by atoms with E-state index >= 15 is 0 Å². The third-order valence-corrected chi connectivity index (χ3v) is 3.55. The summed E-state index contributed by atoms with van der Waals surface area (Å²) in [6, 6.07) is 0.0893. The van der Waals surface area contributed by atoms with Crippen LogP contribution in [0.3, 0.4) is 0 Å². The van der Waals surface area contributed by atoms with Gasteiger partial charge in [-0.25, -0.2) is 4.79 Å². The molecular formula is C13H24N2O3. The van der Waals surface area contributed by atoms with Gasteiger partial charge < -0.3 is 15.7 Å². The molecule has 18 heavy (non-hydrogen) atoms. The number of amides is 2. The summed E-state index contributed by atoms with van der Waals surface area (Å²) in [6.45, 7) is 7.08. The Balaban J connectivity index is 2.07. The number of rotatable bonds is 5. The first-order valence-electron chi connectivity index (χ1n) is 6.55. The quantitative estimate of drug-likeness (QED) is 0.658. The standard InChI is InChI=1S/C13H24N2O3/c1-13(2,3)9-7-10(8-9)15-12(18)14-6-4-5-11(16)17/h9-10H,4-8H2,1-3H3,(H,16,17)(H2,14,15,18). The molecule has 0 aromatic rings. The fourth-order valence-electron chi connectivity index (χ4n) is 2.12. The van der Waals surface area contributed by atoms with Crippen molar-refractivity contribution in [3.8, 4) is 0 Å². The molecule has 0 radical (unpaired) electrons. The topological polar surface area (TPSA) is 78.4 Å². The molecule has 1 aliphatic carbocycles. The molecule has 0 aliphatic heterocycles. The van der Waals surface area contributed by atoms with Crippen molar-refractivity contribution in [3.05, 3.63) is 0 Å². The second kappa shape index (κ2) is 6.07. The first kappa shape index (κ1) is 14.8. The monoisotopic (exact) mass is 256 g/mol. The summed E-state index contributed by atoms with van der Waals surface area (Å²) in [4.78, 5) is 21.8. The Labute approximate surface area is 108 Å². The molecule has 1 rings (SSSR count). The van der Waals surface area contributed by atoms with Crippen LogP contribution in [-0.4, -0.2) is 29.7 Å². The van der Waals surface area contributed by atoms with E-state index in [9.17, 15) is 9.59 Å². The van der Waals surface area contributed by atoms with Gasteiger partial charge in [-0.3, -0.25) is 4.79 Å². The van der Waals surface area contributed by atoms with Crippen molar-refractivity contribution >= 4 is 12.0 Å². The minimum Gasteiger partial charge on any atom is -0.481 e. The minimum absolute atomic E-state index is 0.0931. The molecule has 1 saturated carbocycles. The number of carboxylic acids is 1. The normalized spacial score (nSPS) is 23.1. The molecule has 0 saturated heterocycles. The van der Waals surface area contributed by atoms with Gasteiger partial charge in [0.05, 0.1) is 0 Å². The lowest BCUT2D eigenvalue weighted by Gasteiger charge is -2.43. The summed E-state index contributed by atoms with van der Waals surface area (Å²) in [6.07, 6.45) is 2.63. The Bertz CT molecular complexity index is 304. The van der Waals surface area contributed by atoms with E-state index in [-0.39, 0.29) is 18.5 Å². The number of urea groups is 1. The van der Waals surface area contributed by atoms with Gasteiger partial charge in [0.2, 0.25) is 0 Å². The third-order valence-electron chi connectivity index (χ3n) is 3.55. The Hall–Kier alpha value is -1.26. The van der Waals surface area contributed by atoms with E-state index in [1.807, 2.05) is 0 Å². The number of carboxylic acid groups (broad SMARTS) is 1. The molecule has 0 bridgehead atoms. The number of aliphatic carboxylic acids is 1. The lowest BCUT2D eigenvalue weighted by atomic mass is 9.66. The lowest BCUT2D eigenvalue weighted by Crippen LogP contribution is -2.51. The van der Waals surface area contributed by atoms with Crippen LogP contribution >= 0.6 is 0 Å². The Kier molecular flexibility index (Phi) is 4.99. The van der Waals surface area contributed by atoms with Crippen LogP contribution in [0.15, 0.2) is 0 Å². The van der Waals surface area contributed by atoms with Gasteiger partial charge in [0.1, 0.15) is 0 Å². The van der Waals surface area contributed by atoms with E-state index in [4.69, 9.17) is 5.11 Å². The molecule has 0 aromatic carbocycles. The van der Waals surface area contributed by atoms with E-state index < -0.39 is 5.97 Å². The number of nitrogens with one attached hydrogen (secondary N) is 2. The van der Waals surface area contributed by atoms with Crippen LogP contribution in [0.25, 0.3) is 0 Å². The zero-order valence-corrected chi connectivity index (χ0v) is 11.5. The molecule has 3 N–H and O–H groups in total. The second-order valence-corrected chi connectivity index (χ2v) is 6.13. The van der Waals surface area contributed by atoms with Crippen molar-refractivity contribution < 1.29 is 14.7 Å². The summed E-state index contributed by atoms with van der Waals surface area (Å²) in [5.74, 6) is -0.154. The summed E-state index contributed by atoms with van der Waals surface area (Å²) in [7, 11) is 0. The highest BCUT2D eigenvalue weighted by atomic mass is 16.4. The van der Waals surface area contributed by atoms with Crippen molar-refractivity contribution in [1.82, 2.24) is 10.6 Å². The van der Waals surface area contributed by atoms with Gasteiger partial charge in [0, 0.05) is 19.0 Å². The maximum absolute atomic E-state index is 11.5. The molecular weight excluding hydrogens is 232 g/mol. The first-order chi connectivity index (χ1) is 8.29. The highest BCUT2D eigenvalue weighted by Gasteiger charge is 2.37. The van der Waals surface area contributed by atoms with Crippen LogP contribution in [0.5, 0.6) is 0 Å². The molecule has 0 spiro atoms. The van der Waals surface area contributed by atoms with E-state index in [0.717, 1.165) is 12.8 Å². The molecule has 104 valence electrons. The first-order valence-corrected chi connectivity index (χ1v) is 6.55. The summed E-state index contributed by atoms with van der Waals surface area (Å²) < 4.78 is 0. The van der Waals surface area contributed by atoms with Crippen molar-refractivity contribution in [2.75, 3.05) is 6.54 Å². The van der Waals surface area contributed by atoms with Crippen molar-refractivity contribution in [2.24, 2.45) is 11.3 Å². The zero-order valence-electron chi connectivity index (χ0n) is 11.5. The van der Waals surface area contributed by atoms with E-state index in [2.05, 4.69) is 31.4 Å². The maximum atomic E-state index is 11.5. The third kappa shape index (κ3) is 4.94. The van der Waals surface area contributed by atoms with Gasteiger partial charge in [-0.2, -0.15) is 0 Å². The summed E-state index contributed by atoms with van der Waals surface area (Å²) in [5.41, 5.74) is 0.316. The fraction of sp³-hybridized carbons (Fsp3) is 0.846. The van der Waals surface area contributed by atoms with Gasteiger partial charge in [0.15, 0.2) is 0 Å². The molecule has 0 heterocycles. The van der Waals surface area contributed by atoms with Crippen LogP contribution in [0.1, 0.15) is 46.5 Å². The summed E-state index contributed by atoms with van der Waals surface area (Å²) in [5, 5.41) is 14.0. The SMILES string of the molecule is CC(C)(C)C1CC(NC(=O)NCCCC(=O)O)C1. The molecule has 5 heteroatoms. The highest BCUT2D eigenvalue weighted by molar-refractivity contribution is 5.74. The average Bonchev–Trinajstić information content (AvgIpc) is 2.15. The molecule has 5 nitrogen and oxygen atoms in total. The van der Waals surface area contributed by atoms with E-state index in [1.54, 1.807) is 0 Å². The van der Waals surface area contributed by atoms with Crippen molar-refractivity contribution in [3.63, 3.8) is 0 Å². The van der Waals surface area contributed by atoms with Gasteiger partial charge >= 0.3 is 12.0 Å². The largest absolute Gasteiger partial charge is 0.481 e. The number of hydrogen-bond donors (Lipinski definition) is 3. The number of carbonyl (C=O) groups excluding carboxylic acids is 1. The van der Waals surface area contributed by atoms with E-state index in [0.29, 0.717) is 24.3 Å². The zero-order chi connectivity index (χ0) is 13.8. The van der Waals surface area contributed by atoms with Gasteiger partial charge in [0.25, 0.3) is 0 Å². The van der Waals surface area contributed by atoms with Crippen LogP contribution in [0.2, 0.25) is 0 Å². The van der Waals surface area contributed by atoms with Gasteiger partial charge in [-0.1, -0.05) is 20.8 Å². The Morgan fingerprint density at radius 3 is 2.39 bits per heavy atom. The summed E-state index contributed by atoms with van der Waals surface area (Å²) >= 11 is 0. The molecule has 0 atom stereocenters. The van der Waals surface area contributed by atoms with Gasteiger partial charge in [-0.15, -0.1) is 0 Å². The number of hydrogen-bond acceptors (Lipinski definition) is 2. The fourth-order valence-corrected chi connectivity index (χ4v) is 2.12. The Morgan fingerprint density at radius 2 is 1.89 bits per heavy atom. The minimum atomic E-state index is -0.829. The van der Waals surface area contributed by atoms with Crippen LogP contribution in [0.4, 0.5) is 4.79 Å². The predicted octanol–water partition coefficient (Wildman–Crippen LogP) is 1.98. The lowest BCUT2D eigenvalue weighted by molar-refractivity contribution is -0.137. The van der Waals surface area contributed by atoms with E-state index in [1.165, 1.54) is 0 Å². The Morgan fingerprint density at radius 1 is 1.28 bits per heavy atom. The van der Waals surface area contributed by atoms with Crippen LogP contribution < -0.4 is 10.6 Å². The average molecular weight is 256 g/mol. The molecule has 1 fully saturated rings. The predicted molar refractivity (Wildman–Crippen MR) is 69.4 cm³/mol. The van der Waals surface area contributed by atoms with Crippen molar-refractivity contribution in [1.29, 1.82) is 0 Å². The van der Waals surface area contributed by atoms with Crippen LogP contribution in [-0.2, 0) is 4.79 Å². The molecule has 0 unspecified atom stereocenters. The molecule has 2 amide bonds. The smallest absolute Gasteiger partial charge is 0.315 e. The van der Waals surface area contributed by atoms with Gasteiger partial charge in [-0.05, 0) is 30.6 Å².